The number of hydrogen-bond donors (Lipinski definition) is 2. The molecule has 0 amide bonds. The van der Waals surface area contributed by atoms with Crippen LogP contribution in [0.2, 0.25) is 0 Å². The highest BCUT2D eigenvalue weighted by Gasteiger charge is 2.10. The first-order chi connectivity index (χ1) is 4.70. The first-order valence-electron chi connectivity index (χ1n) is 3.54. The van der Waals surface area contributed by atoms with Gasteiger partial charge in [-0.05, 0) is 18.4 Å². The molecule has 0 unspecified atom stereocenters. The van der Waals surface area contributed by atoms with Gasteiger partial charge in [0.15, 0.2) is 0 Å². The second kappa shape index (κ2) is 3.03. The maximum atomic E-state index is 8.98. The van der Waals surface area contributed by atoms with Crippen LogP contribution in [0.1, 0.15) is 12.8 Å². The fourth-order valence-corrected chi connectivity index (χ4v) is 1.17. The van der Waals surface area contributed by atoms with Crippen molar-refractivity contribution in [3.63, 3.8) is 0 Å². The zero-order chi connectivity index (χ0) is 7.56. The molecular weight excluding hydrogens is 128 g/mol. The molecule has 0 aliphatic carbocycles. The van der Waals surface area contributed by atoms with Crippen LogP contribution in [0.3, 0.4) is 0 Å². The summed E-state index contributed by atoms with van der Waals surface area (Å²) in [6.07, 6.45) is 3.19. The Hall–Kier alpha value is -0.540. The third kappa shape index (κ3) is 1.72. The second-order valence-corrected chi connectivity index (χ2v) is 2.73. The Kier molecular flexibility index (Phi) is 2.29. The van der Waals surface area contributed by atoms with E-state index in [4.69, 9.17) is 10.8 Å². The third-order valence-corrected chi connectivity index (χ3v) is 1.74. The Labute approximate surface area is 61.1 Å². The van der Waals surface area contributed by atoms with E-state index in [1.807, 2.05) is 13.2 Å². The van der Waals surface area contributed by atoms with Crippen LogP contribution in [0.5, 0.6) is 0 Å². The van der Waals surface area contributed by atoms with Crippen LogP contribution in [0.25, 0.3) is 0 Å². The van der Waals surface area contributed by atoms with Crippen molar-refractivity contribution in [1.82, 2.24) is 4.90 Å². The molecule has 0 saturated carbocycles. The summed E-state index contributed by atoms with van der Waals surface area (Å²) in [4.78, 5) is 2.05. The standard InChI is InChI=1S/C7H14N2O/c1-9-4-2-3-6(5-9)7(8)10/h5,7,10H,2-4,8H2,1H3/t7-/m0/s1. The molecule has 1 atom stereocenters. The minimum absolute atomic E-state index is 0.761. The number of aliphatic hydroxyl groups excluding tert-OH is 1. The van der Waals surface area contributed by atoms with Crippen molar-refractivity contribution < 1.29 is 5.11 Å². The number of aliphatic hydroxyl groups is 1. The van der Waals surface area contributed by atoms with Crippen molar-refractivity contribution in [3.8, 4) is 0 Å². The highest BCUT2D eigenvalue weighted by atomic mass is 16.3. The number of rotatable bonds is 1. The van der Waals surface area contributed by atoms with E-state index in [-0.39, 0.29) is 0 Å². The zero-order valence-corrected chi connectivity index (χ0v) is 6.25. The fraction of sp³-hybridized carbons (Fsp3) is 0.714. The van der Waals surface area contributed by atoms with Crippen LogP contribution in [-0.4, -0.2) is 29.8 Å². The summed E-state index contributed by atoms with van der Waals surface area (Å²) < 4.78 is 0. The van der Waals surface area contributed by atoms with Gasteiger partial charge in [-0.2, -0.15) is 0 Å². The maximum absolute atomic E-state index is 8.98. The van der Waals surface area contributed by atoms with E-state index in [0.29, 0.717) is 0 Å². The minimum Gasteiger partial charge on any atom is -0.380 e. The van der Waals surface area contributed by atoms with Gasteiger partial charge in [-0.15, -0.1) is 0 Å². The quantitative estimate of drug-likeness (QED) is 0.501. The molecule has 0 aromatic heterocycles. The molecule has 1 heterocycles. The van der Waals surface area contributed by atoms with Gasteiger partial charge in [0.05, 0.1) is 0 Å². The van der Waals surface area contributed by atoms with Crippen LogP contribution >= 0.6 is 0 Å². The Morgan fingerprint density at radius 2 is 2.50 bits per heavy atom. The summed E-state index contributed by atoms with van der Waals surface area (Å²) in [5.74, 6) is 0. The Bertz CT molecular complexity index is 143. The van der Waals surface area contributed by atoms with E-state index < -0.39 is 6.23 Å². The van der Waals surface area contributed by atoms with Gasteiger partial charge in [-0.3, -0.25) is 0 Å². The molecule has 0 radical (unpaired) electrons. The van der Waals surface area contributed by atoms with E-state index in [2.05, 4.69) is 4.90 Å². The Morgan fingerprint density at radius 3 is 2.90 bits per heavy atom. The molecule has 58 valence electrons. The maximum Gasteiger partial charge on any atom is 0.126 e. The van der Waals surface area contributed by atoms with E-state index >= 15 is 0 Å². The molecule has 3 heteroatoms. The zero-order valence-electron chi connectivity index (χ0n) is 6.25. The molecule has 0 aromatic carbocycles. The molecule has 1 rings (SSSR count). The first-order valence-corrected chi connectivity index (χ1v) is 3.54. The molecular formula is C7H14N2O. The van der Waals surface area contributed by atoms with E-state index in [0.717, 1.165) is 25.0 Å². The third-order valence-electron chi connectivity index (χ3n) is 1.74. The van der Waals surface area contributed by atoms with Crippen molar-refractivity contribution in [2.24, 2.45) is 5.73 Å². The second-order valence-electron chi connectivity index (χ2n) is 2.73. The molecule has 1 aliphatic heterocycles. The van der Waals surface area contributed by atoms with Crippen LogP contribution < -0.4 is 5.73 Å². The molecule has 0 saturated heterocycles. The Morgan fingerprint density at radius 1 is 1.80 bits per heavy atom. The summed E-state index contributed by atoms with van der Waals surface area (Å²) in [5.41, 5.74) is 6.23. The van der Waals surface area contributed by atoms with Crippen molar-refractivity contribution in [2.75, 3.05) is 13.6 Å². The fourth-order valence-electron chi connectivity index (χ4n) is 1.17. The number of nitrogens with two attached hydrogens (primary N) is 1. The number of hydrogen-bond acceptors (Lipinski definition) is 3. The van der Waals surface area contributed by atoms with E-state index in [1.54, 1.807) is 0 Å². The molecule has 3 N–H and O–H groups in total. The van der Waals surface area contributed by atoms with E-state index in [9.17, 15) is 0 Å². The average Bonchev–Trinajstić information content (AvgIpc) is 1.88. The van der Waals surface area contributed by atoms with Crippen LogP contribution in [0, 0.1) is 0 Å². The average molecular weight is 142 g/mol. The highest BCUT2D eigenvalue weighted by Crippen LogP contribution is 2.13. The molecule has 1 aliphatic rings. The van der Waals surface area contributed by atoms with Crippen molar-refractivity contribution in [3.05, 3.63) is 11.8 Å². The first kappa shape index (κ1) is 7.57. The normalized spacial score (nSPS) is 22.3. The summed E-state index contributed by atoms with van der Waals surface area (Å²) in [6.45, 7) is 1.07. The van der Waals surface area contributed by atoms with Crippen molar-refractivity contribution in [1.29, 1.82) is 0 Å². The topological polar surface area (TPSA) is 49.5 Å². The Balaban J connectivity index is 2.57. The van der Waals surface area contributed by atoms with E-state index in [1.165, 1.54) is 0 Å². The SMILES string of the molecule is CN1C=C([C@@H](N)O)CCC1. The lowest BCUT2D eigenvalue weighted by Gasteiger charge is -2.23. The van der Waals surface area contributed by atoms with Gasteiger partial charge in [-0.1, -0.05) is 0 Å². The van der Waals surface area contributed by atoms with Crippen LogP contribution in [0.4, 0.5) is 0 Å². The lowest BCUT2D eigenvalue weighted by atomic mass is 10.1. The van der Waals surface area contributed by atoms with Gasteiger partial charge in [-0.25, -0.2) is 0 Å². The molecule has 0 bridgehead atoms. The van der Waals surface area contributed by atoms with Gasteiger partial charge < -0.3 is 15.7 Å². The predicted octanol–water partition coefficient (Wildman–Crippen LogP) is -0.127. The van der Waals surface area contributed by atoms with Crippen LogP contribution in [0.15, 0.2) is 11.8 Å². The summed E-state index contributed by atoms with van der Waals surface area (Å²) in [7, 11) is 1.99. The van der Waals surface area contributed by atoms with Crippen molar-refractivity contribution >= 4 is 0 Å². The van der Waals surface area contributed by atoms with Gasteiger partial charge in [0.2, 0.25) is 0 Å². The lowest BCUT2D eigenvalue weighted by molar-refractivity contribution is 0.205. The highest BCUT2D eigenvalue weighted by molar-refractivity contribution is 5.07. The molecule has 3 nitrogen and oxygen atoms in total. The van der Waals surface area contributed by atoms with Gasteiger partial charge in [0, 0.05) is 19.8 Å². The summed E-state index contributed by atoms with van der Waals surface area (Å²) in [5, 5.41) is 8.98. The molecule has 0 aromatic rings. The minimum atomic E-state index is -0.761. The predicted molar refractivity (Wildman–Crippen MR) is 40.1 cm³/mol. The smallest absolute Gasteiger partial charge is 0.126 e. The molecule has 0 fully saturated rings. The lowest BCUT2D eigenvalue weighted by Crippen LogP contribution is -2.28. The van der Waals surface area contributed by atoms with Crippen LogP contribution in [-0.2, 0) is 0 Å². The molecule has 10 heavy (non-hydrogen) atoms. The monoisotopic (exact) mass is 142 g/mol. The van der Waals surface area contributed by atoms with Crippen molar-refractivity contribution in [2.45, 2.75) is 19.1 Å². The van der Waals surface area contributed by atoms with Gasteiger partial charge in [0.25, 0.3) is 0 Å². The number of nitrogens with zero attached hydrogens (tertiary/aromatic N) is 1. The molecule has 0 spiro atoms. The summed E-state index contributed by atoms with van der Waals surface area (Å²) in [6, 6.07) is 0. The summed E-state index contributed by atoms with van der Waals surface area (Å²) >= 11 is 0. The van der Waals surface area contributed by atoms with Gasteiger partial charge in [0.1, 0.15) is 6.23 Å². The largest absolute Gasteiger partial charge is 0.380 e. The van der Waals surface area contributed by atoms with Gasteiger partial charge >= 0.3 is 0 Å².